The van der Waals surface area contributed by atoms with Crippen LogP contribution in [0, 0.1) is 5.82 Å². The summed E-state index contributed by atoms with van der Waals surface area (Å²) in [4.78, 5) is 24.5. The van der Waals surface area contributed by atoms with Gasteiger partial charge < -0.3 is 10.6 Å². The van der Waals surface area contributed by atoms with Crippen LogP contribution in [0.3, 0.4) is 0 Å². The summed E-state index contributed by atoms with van der Waals surface area (Å²) in [6.45, 7) is 0.160. The van der Waals surface area contributed by atoms with E-state index in [1.807, 2.05) is 18.2 Å². The smallest absolute Gasteiger partial charge is 0.255 e. The Labute approximate surface area is 161 Å². The van der Waals surface area contributed by atoms with Gasteiger partial charge in [-0.15, -0.1) is 0 Å². The van der Waals surface area contributed by atoms with Crippen molar-refractivity contribution < 1.29 is 14.0 Å². The highest BCUT2D eigenvalue weighted by atomic mass is 35.5. The van der Waals surface area contributed by atoms with Crippen LogP contribution in [-0.2, 0) is 6.54 Å². The van der Waals surface area contributed by atoms with Crippen LogP contribution >= 0.6 is 11.6 Å². The van der Waals surface area contributed by atoms with Crippen molar-refractivity contribution in [1.29, 1.82) is 0 Å². The molecule has 136 valence electrons. The maximum absolute atomic E-state index is 13.8. The first-order valence-electron chi connectivity index (χ1n) is 8.21. The summed E-state index contributed by atoms with van der Waals surface area (Å²) >= 11 is 5.69. The van der Waals surface area contributed by atoms with Crippen LogP contribution in [-0.4, -0.2) is 11.8 Å². The van der Waals surface area contributed by atoms with Gasteiger partial charge in [-0.2, -0.15) is 0 Å². The van der Waals surface area contributed by atoms with E-state index >= 15 is 0 Å². The van der Waals surface area contributed by atoms with Crippen LogP contribution in [0.25, 0.3) is 0 Å². The number of para-hydroxylation sites is 1. The summed E-state index contributed by atoms with van der Waals surface area (Å²) in [5, 5.41) is 5.66. The van der Waals surface area contributed by atoms with E-state index in [1.165, 1.54) is 12.1 Å². The zero-order valence-electron chi connectivity index (χ0n) is 14.2. The van der Waals surface area contributed by atoms with Gasteiger partial charge in [0.25, 0.3) is 11.8 Å². The highest BCUT2D eigenvalue weighted by molar-refractivity contribution is 6.30. The van der Waals surface area contributed by atoms with Crippen molar-refractivity contribution >= 4 is 29.1 Å². The van der Waals surface area contributed by atoms with Gasteiger partial charge in [-0.05, 0) is 48.0 Å². The minimum Gasteiger partial charge on any atom is -0.348 e. The van der Waals surface area contributed by atoms with Crippen LogP contribution in [0.2, 0.25) is 5.02 Å². The summed E-state index contributed by atoms with van der Waals surface area (Å²) in [6, 6.07) is 19.8. The van der Waals surface area contributed by atoms with Crippen molar-refractivity contribution in [2.45, 2.75) is 6.54 Å². The molecular formula is C21H16ClFN2O2. The van der Waals surface area contributed by atoms with E-state index in [-0.39, 0.29) is 23.0 Å². The van der Waals surface area contributed by atoms with Gasteiger partial charge in [-0.3, -0.25) is 9.59 Å². The molecule has 0 spiro atoms. The second-order valence-electron chi connectivity index (χ2n) is 5.83. The molecule has 6 heteroatoms. The van der Waals surface area contributed by atoms with Crippen LogP contribution in [0.5, 0.6) is 0 Å². The average molecular weight is 383 g/mol. The molecule has 0 aliphatic heterocycles. The minimum atomic E-state index is -0.684. The fraction of sp³-hybridized carbons (Fsp3) is 0.0476. The molecule has 3 aromatic rings. The molecule has 0 saturated heterocycles. The Balaban J connectivity index is 1.65. The molecule has 4 nitrogen and oxygen atoms in total. The lowest BCUT2D eigenvalue weighted by Gasteiger charge is -2.09. The highest BCUT2D eigenvalue weighted by Gasteiger charge is 2.12. The molecule has 0 saturated carbocycles. The van der Waals surface area contributed by atoms with Crippen molar-refractivity contribution in [3.63, 3.8) is 0 Å². The first-order valence-corrected chi connectivity index (χ1v) is 8.59. The number of hydrogen-bond donors (Lipinski definition) is 2. The number of anilines is 1. The Morgan fingerprint density at radius 2 is 1.67 bits per heavy atom. The molecule has 27 heavy (non-hydrogen) atoms. The van der Waals surface area contributed by atoms with Gasteiger partial charge in [-0.25, -0.2) is 4.39 Å². The summed E-state index contributed by atoms with van der Waals surface area (Å²) < 4.78 is 13.8. The number of hydrogen-bond acceptors (Lipinski definition) is 2. The lowest BCUT2D eigenvalue weighted by atomic mass is 10.1. The van der Waals surface area contributed by atoms with Crippen molar-refractivity contribution in [1.82, 2.24) is 5.32 Å². The molecule has 0 aliphatic carbocycles. The van der Waals surface area contributed by atoms with Crippen molar-refractivity contribution in [3.8, 4) is 0 Å². The van der Waals surface area contributed by atoms with E-state index in [1.54, 1.807) is 36.4 Å². The monoisotopic (exact) mass is 382 g/mol. The van der Waals surface area contributed by atoms with E-state index in [4.69, 9.17) is 11.6 Å². The highest BCUT2D eigenvalue weighted by Crippen LogP contribution is 2.15. The van der Waals surface area contributed by atoms with Gasteiger partial charge in [0.15, 0.2) is 0 Å². The second kappa shape index (κ2) is 8.47. The second-order valence-corrected chi connectivity index (χ2v) is 6.26. The normalized spacial score (nSPS) is 10.3. The Morgan fingerprint density at radius 1 is 0.889 bits per heavy atom. The standard InChI is InChI=1S/C21H16ClFN2O2/c22-16-9-10-18(19(23)12-16)21(27)24-13-14-5-4-6-15(11-14)20(26)25-17-7-2-1-3-8-17/h1-12H,13H2,(H,24,27)(H,25,26). The minimum absolute atomic E-state index is 0.0858. The molecule has 0 unspecified atom stereocenters. The van der Waals surface area contributed by atoms with Crippen LogP contribution < -0.4 is 10.6 Å². The lowest BCUT2D eigenvalue weighted by Crippen LogP contribution is -2.24. The summed E-state index contributed by atoms with van der Waals surface area (Å²) in [6.07, 6.45) is 0. The topological polar surface area (TPSA) is 58.2 Å². The zero-order valence-corrected chi connectivity index (χ0v) is 15.0. The molecule has 0 bridgehead atoms. The van der Waals surface area contributed by atoms with Gasteiger partial charge in [0.2, 0.25) is 0 Å². The maximum Gasteiger partial charge on any atom is 0.255 e. The molecule has 2 amide bonds. The van der Waals surface area contributed by atoms with E-state index in [0.29, 0.717) is 11.3 Å². The average Bonchev–Trinajstić information content (AvgIpc) is 2.67. The number of amides is 2. The van der Waals surface area contributed by atoms with Gasteiger partial charge in [0, 0.05) is 22.8 Å². The molecule has 3 aromatic carbocycles. The Morgan fingerprint density at radius 3 is 2.41 bits per heavy atom. The number of halogens is 2. The predicted molar refractivity (Wildman–Crippen MR) is 103 cm³/mol. The number of nitrogens with one attached hydrogen (secondary N) is 2. The first kappa shape index (κ1) is 18.6. The van der Waals surface area contributed by atoms with Crippen LogP contribution in [0.4, 0.5) is 10.1 Å². The molecule has 2 N–H and O–H groups in total. The third-order valence-corrected chi connectivity index (χ3v) is 4.08. The third-order valence-electron chi connectivity index (χ3n) is 3.85. The Hall–Kier alpha value is -3.18. The molecule has 0 radical (unpaired) electrons. The van der Waals surface area contributed by atoms with E-state index in [9.17, 15) is 14.0 Å². The van der Waals surface area contributed by atoms with Crippen LogP contribution in [0.15, 0.2) is 72.8 Å². The Bertz CT molecular complexity index is 977. The quantitative estimate of drug-likeness (QED) is 0.674. The molecule has 0 aliphatic rings. The summed E-state index contributed by atoms with van der Waals surface area (Å²) in [7, 11) is 0. The van der Waals surface area contributed by atoms with E-state index < -0.39 is 11.7 Å². The predicted octanol–water partition coefficient (Wildman–Crippen LogP) is 4.66. The fourth-order valence-corrected chi connectivity index (χ4v) is 2.66. The lowest BCUT2D eigenvalue weighted by molar-refractivity contribution is 0.0946. The zero-order chi connectivity index (χ0) is 19.2. The maximum atomic E-state index is 13.8. The van der Waals surface area contributed by atoms with Gasteiger partial charge in [0.05, 0.1) is 5.56 Å². The molecule has 0 fully saturated rings. The van der Waals surface area contributed by atoms with Crippen LogP contribution in [0.1, 0.15) is 26.3 Å². The van der Waals surface area contributed by atoms with Crippen molar-refractivity contribution in [3.05, 3.63) is 100 Å². The summed E-state index contributed by atoms with van der Waals surface area (Å²) in [5.41, 5.74) is 1.79. The number of carbonyl (C=O) groups is 2. The molecule has 3 rings (SSSR count). The third kappa shape index (κ3) is 4.92. The molecule has 0 heterocycles. The SMILES string of the molecule is O=C(Nc1ccccc1)c1cccc(CNC(=O)c2ccc(Cl)cc2F)c1. The summed E-state index contributed by atoms with van der Waals surface area (Å²) in [5.74, 6) is -1.49. The first-order chi connectivity index (χ1) is 13.0. The van der Waals surface area contributed by atoms with Gasteiger partial charge in [0.1, 0.15) is 5.82 Å². The number of carbonyl (C=O) groups excluding carboxylic acids is 2. The van der Waals surface area contributed by atoms with E-state index in [0.717, 1.165) is 11.6 Å². The fourth-order valence-electron chi connectivity index (χ4n) is 2.50. The van der Waals surface area contributed by atoms with Gasteiger partial charge in [-0.1, -0.05) is 41.9 Å². The van der Waals surface area contributed by atoms with Crippen molar-refractivity contribution in [2.24, 2.45) is 0 Å². The Kier molecular flexibility index (Phi) is 5.84. The van der Waals surface area contributed by atoms with E-state index in [2.05, 4.69) is 10.6 Å². The largest absolute Gasteiger partial charge is 0.348 e. The molecule has 0 aromatic heterocycles. The van der Waals surface area contributed by atoms with Crippen molar-refractivity contribution in [2.75, 3.05) is 5.32 Å². The molecular weight excluding hydrogens is 367 g/mol. The molecule has 0 atom stereocenters. The number of rotatable bonds is 5. The van der Waals surface area contributed by atoms with Gasteiger partial charge >= 0.3 is 0 Å². The number of benzene rings is 3.